The molecular weight excluding hydrogens is 364 g/mol. The molecule has 3 rings (SSSR count). The number of hydrogen-bond donors (Lipinski definition) is 0. The Morgan fingerprint density at radius 1 is 1.00 bits per heavy atom. The van der Waals surface area contributed by atoms with E-state index in [9.17, 15) is 9.59 Å². The van der Waals surface area contributed by atoms with E-state index in [2.05, 4.69) is 22.6 Å². The largest absolute Gasteiger partial charge is 0.270 e. The van der Waals surface area contributed by atoms with E-state index in [1.54, 1.807) is 24.3 Å². The van der Waals surface area contributed by atoms with Gasteiger partial charge >= 0.3 is 0 Å². The summed E-state index contributed by atoms with van der Waals surface area (Å²) in [7, 11) is 5.94. The Kier molecular flexibility index (Phi) is 3.37. The minimum atomic E-state index is -0.261. The molecule has 5 heteroatoms. The number of nitrogens with zero attached hydrogens (tertiary/aromatic N) is 1. The number of fused-ring (bicyclic) bond motifs is 1. The first-order chi connectivity index (χ1) is 9.58. The zero-order chi connectivity index (χ0) is 14.3. The van der Waals surface area contributed by atoms with Crippen LogP contribution in [0.5, 0.6) is 0 Å². The molecule has 0 atom stereocenters. The van der Waals surface area contributed by atoms with Gasteiger partial charge in [-0.15, -0.1) is 0 Å². The lowest BCUT2D eigenvalue weighted by atomic mass is 9.90. The van der Waals surface area contributed by atoms with Gasteiger partial charge in [0.25, 0.3) is 11.8 Å². The summed E-state index contributed by atoms with van der Waals surface area (Å²) in [4.78, 5) is 25.7. The Morgan fingerprint density at radius 2 is 1.60 bits per heavy atom. The van der Waals surface area contributed by atoms with E-state index in [0.29, 0.717) is 16.6 Å². The third-order valence-corrected chi connectivity index (χ3v) is 3.99. The van der Waals surface area contributed by atoms with Crippen LogP contribution in [-0.4, -0.2) is 24.6 Å². The highest BCUT2D eigenvalue weighted by molar-refractivity contribution is 14.1. The van der Waals surface area contributed by atoms with Gasteiger partial charge in [-0.2, -0.15) is 0 Å². The predicted octanol–water partition coefficient (Wildman–Crippen LogP) is 1.88. The Hall–Kier alpha value is -1.63. The number of halogens is 1. The Balaban J connectivity index is 1.94. The summed E-state index contributed by atoms with van der Waals surface area (Å²) in [5.74, 6) is -0.521. The second-order valence-electron chi connectivity index (χ2n) is 4.59. The quantitative estimate of drug-likeness (QED) is 0.458. The van der Waals surface area contributed by atoms with E-state index >= 15 is 0 Å². The standard InChI is InChI=1S/C15H9BINO2/c16-13-7-10(17)6-5-9(13)8-18-14(19)11-3-1-2-4-12(11)15(18)20/h1-7H,8H2. The fourth-order valence-electron chi connectivity index (χ4n) is 2.26. The van der Waals surface area contributed by atoms with Crippen LogP contribution >= 0.6 is 22.6 Å². The topological polar surface area (TPSA) is 37.4 Å². The van der Waals surface area contributed by atoms with E-state index in [0.717, 1.165) is 9.13 Å². The molecule has 1 aliphatic rings. The van der Waals surface area contributed by atoms with Crippen molar-refractivity contribution in [2.24, 2.45) is 0 Å². The van der Waals surface area contributed by atoms with Gasteiger partial charge in [-0.05, 0) is 46.4 Å². The number of carbonyl (C=O) groups excluding carboxylic acids is 2. The fraction of sp³-hybridized carbons (Fsp3) is 0.0667. The minimum Gasteiger partial charge on any atom is -0.270 e. The van der Waals surface area contributed by atoms with Gasteiger partial charge in [0.05, 0.1) is 17.7 Å². The monoisotopic (exact) mass is 373 g/mol. The SMILES string of the molecule is [B]c1cc(I)ccc1CN1C(=O)c2ccccc2C1=O. The molecule has 0 unspecified atom stereocenters. The van der Waals surface area contributed by atoms with Crippen LogP contribution in [0.15, 0.2) is 42.5 Å². The van der Waals surface area contributed by atoms with Crippen LogP contribution in [0.25, 0.3) is 0 Å². The Bertz CT molecular complexity index is 695. The minimum absolute atomic E-state index is 0.203. The smallest absolute Gasteiger partial charge is 0.261 e. The van der Waals surface area contributed by atoms with E-state index in [1.165, 1.54) is 4.90 Å². The average molecular weight is 373 g/mol. The van der Waals surface area contributed by atoms with Gasteiger partial charge in [0.15, 0.2) is 0 Å². The molecule has 2 radical (unpaired) electrons. The summed E-state index contributed by atoms with van der Waals surface area (Å²) in [5.41, 5.74) is 2.29. The van der Waals surface area contributed by atoms with Gasteiger partial charge in [-0.3, -0.25) is 14.5 Å². The lowest BCUT2D eigenvalue weighted by molar-refractivity contribution is 0.0643. The van der Waals surface area contributed by atoms with Gasteiger partial charge in [0, 0.05) is 3.57 Å². The number of hydrogen-bond acceptors (Lipinski definition) is 2. The molecule has 2 aromatic carbocycles. The van der Waals surface area contributed by atoms with Crippen molar-refractivity contribution in [3.63, 3.8) is 0 Å². The maximum atomic E-state index is 12.3. The van der Waals surface area contributed by atoms with E-state index < -0.39 is 0 Å². The summed E-state index contributed by atoms with van der Waals surface area (Å²) in [6, 6.07) is 12.4. The molecule has 0 spiro atoms. The van der Waals surface area contributed by atoms with E-state index in [4.69, 9.17) is 7.85 Å². The number of benzene rings is 2. The van der Waals surface area contributed by atoms with Crippen LogP contribution in [0.3, 0.4) is 0 Å². The van der Waals surface area contributed by atoms with Crippen molar-refractivity contribution in [3.8, 4) is 0 Å². The molecule has 1 aliphatic heterocycles. The molecule has 0 aromatic heterocycles. The van der Waals surface area contributed by atoms with Crippen molar-refractivity contribution in [1.82, 2.24) is 4.90 Å². The summed E-state index contributed by atoms with van der Waals surface area (Å²) in [6.45, 7) is 0.203. The van der Waals surface area contributed by atoms with Crippen molar-refractivity contribution < 1.29 is 9.59 Å². The van der Waals surface area contributed by atoms with Crippen molar-refractivity contribution >= 4 is 47.7 Å². The van der Waals surface area contributed by atoms with Gasteiger partial charge in [-0.1, -0.05) is 29.7 Å². The van der Waals surface area contributed by atoms with Gasteiger partial charge in [0.1, 0.15) is 7.85 Å². The normalized spacial score (nSPS) is 13.8. The zero-order valence-corrected chi connectivity index (χ0v) is 12.6. The highest BCUT2D eigenvalue weighted by atomic mass is 127. The molecule has 2 aromatic rings. The lowest BCUT2D eigenvalue weighted by Crippen LogP contribution is -2.31. The first-order valence-electron chi connectivity index (χ1n) is 6.07. The summed E-state index contributed by atoms with van der Waals surface area (Å²) < 4.78 is 1.02. The van der Waals surface area contributed by atoms with Gasteiger partial charge < -0.3 is 0 Å². The second kappa shape index (κ2) is 5.05. The fourth-order valence-corrected chi connectivity index (χ4v) is 2.78. The summed E-state index contributed by atoms with van der Waals surface area (Å²) in [5, 5.41) is 0. The molecule has 0 bridgehead atoms. The summed E-state index contributed by atoms with van der Waals surface area (Å²) >= 11 is 2.17. The molecule has 20 heavy (non-hydrogen) atoms. The van der Waals surface area contributed by atoms with Crippen LogP contribution < -0.4 is 5.46 Å². The van der Waals surface area contributed by atoms with Crippen LogP contribution in [-0.2, 0) is 6.54 Å². The third kappa shape index (κ3) is 2.16. The molecular formula is C15H9BINO2. The van der Waals surface area contributed by atoms with E-state index in [1.807, 2.05) is 18.2 Å². The Labute approximate surface area is 131 Å². The Morgan fingerprint density at radius 3 is 2.15 bits per heavy atom. The van der Waals surface area contributed by atoms with Crippen LogP contribution in [0.1, 0.15) is 26.3 Å². The van der Waals surface area contributed by atoms with Crippen LogP contribution in [0.4, 0.5) is 0 Å². The molecule has 0 saturated heterocycles. The lowest BCUT2D eigenvalue weighted by Gasteiger charge is -2.16. The molecule has 0 saturated carbocycles. The van der Waals surface area contributed by atoms with Gasteiger partial charge in [-0.25, -0.2) is 0 Å². The highest BCUT2D eigenvalue weighted by Gasteiger charge is 2.35. The number of rotatable bonds is 2. The molecule has 2 amide bonds. The molecule has 1 heterocycles. The van der Waals surface area contributed by atoms with Crippen molar-refractivity contribution in [2.45, 2.75) is 6.54 Å². The third-order valence-electron chi connectivity index (χ3n) is 3.31. The van der Waals surface area contributed by atoms with Crippen molar-refractivity contribution in [3.05, 3.63) is 62.7 Å². The average Bonchev–Trinajstić information content (AvgIpc) is 2.67. The second-order valence-corrected chi connectivity index (χ2v) is 5.83. The van der Waals surface area contributed by atoms with Crippen LogP contribution in [0, 0.1) is 3.57 Å². The van der Waals surface area contributed by atoms with Gasteiger partial charge in [0.2, 0.25) is 0 Å². The maximum Gasteiger partial charge on any atom is 0.261 e. The number of imide groups is 1. The highest BCUT2D eigenvalue weighted by Crippen LogP contribution is 2.23. The van der Waals surface area contributed by atoms with Crippen molar-refractivity contribution in [1.29, 1.82) is 0 Å². The predicted molar refractivity (Wildman–Crippen MR) is 85.2 cm³/mol. The van der Waals surface area contributed by atoms with Crippen LogP contribution in [0.2, 0.25) is 0 Å². The zero-order valence-electron chi connectivity index (χ0n) is 10.5. The molecule has 0 N–H and O–H groups in total. The molecule has 3 nitrogen and oxygen atoms in total. The number of carbonyl (C=O) groups is 2. The number of amides is 2. The molecule has 96 valence electrons. The van der Waals surface area contributed by atoms with Crippen molar-refractivity contribution in [2.75, 3.05) is 0 Å². The maximum absolute atomic E-state index is 12.3. The molecule has 0 aliphatic carbocycles. The molecule has 0 fully saturated rings. The first-order valence-corrected chi connectivity index (χ1v) is 7.15. The summed E-state index contributed by atoms with van der Waals surface area (Å²) in [6.07, 6.45) is 0. The van der Waals surface area contributed by atoms with E-state index in [-0.39, 0.29) is 18.4 Å². The first kappa shape index (κ1) is 13.4.